The second-order valence-electron chi connectivity index (χ2n) is 7.31. The number of nitrogens with one attached hydrogen (secondary N) is 1. The molecule has 0 aliphatic carbocycles. The zero-order valence-electron chi connectivity index (χ0n) is 16.7. The molecule has 3 aromatic rings. The molecule has 0 saturated carbocycles. The number of fused-ring (bicyclic) bond motifs is 2. The van der Waals surface area contributed by atoms with Crippen molar-refractivity contribution in [2.24, 2.45) is 0 Å². The molecular weight excluding hydrogens is 368 g/mol. The highest BCUT2D eigenvalue weighted by Gasteiger charge is 2.21. The largest absolute Gasteiger partial charge is 0.482 e. The average molecular weight is 392 g/mol. The summed E-state index contributed by atoms with van der Waals surface area (Å²) in [7, 11) is 1.79. The van der Waals surface area contributed by atoms with E-state index in [1.54, 1.807) is 30.1 Å². The van der Waals surface area contributed by atoms with E-state index < -0.39 is 0 Å². The first-order valence-corrected chi connectivity index (χ1v) is 9.88. The van der Waals surface area contributed by atoms with Crippen LogP contribution in [-0.4, -0.2) is 30.4 Å². The van der Waals surface area contributed by atoms with Crippen LogP contribution in [0.3, 0.4) is 0 Å². The van der Waals surface area contributed by atoms with Crippen molar-refractivity contribution in [1.82, 2.24) is 4.90 Å². The van der Waals surface area contributed by atoms with Crippen molar-refractivity contribution < 1.29 is 18.7 Å². The van der Waals surface area contributed by atoms with Gasteiger partial charge in [-0.2, -0.15) is 0 Å². The monoisotopic (exact) mass is 392 g/mol. The first-order valence-electron chi connectivity index (χ1n) is 9.88. The van der Waals surface area contributed by atoms with Crippen LogP contribution in [0.25, 0.3) is 11.0 Å². The Morgan fingerprint density at radius 2 is 2.03 bits per heavy atom. The van der Waals surface area contributed by atoms with Crippen molar-refractivity contribution in [2.75, 3.05) is 19.0 Å². The highest BCUT2D eigenvalue weighted by atomic mass is 16.5. The zero-order valence-corrected chi connectivity index (χ0v) is 16.7. The lowest BCUT2D eigenvalue weighted by Gasteiger charge is -2.21. The highest BCUT2D eigenvalue weighted by molar-refractivity contribution is 5.99. The third-order valence-electron chi connectivity index (χ3n) is 5.14. The Morgan fingerprint density at radius 1 is 1.21 bits per heavy atom. The average Bonchev–Trinajstić information content (AvgIpc) is 3.08. The fourth-order valence-corrected chi connectivity index (χ4v) is 3.60. The van der Waals surface area contributed by atoms with Crippen molar-refractivity contribution in [2.45, 2.75) is 32.7 Å². The van der Waals surface area contributed by atoms with Gasteiger partial charge in [-0.05, 0) is 30.7 Å². The predicted octanol–water partition coefficient (Wildman–Crippen LogP) is 4.38. The van der Waals surface area contributed by atoms with Gasteiger partial charge < -0.3 is 19.4 Å². The number of rotatable bonds is 6. The summed E-state index contributed by atoms with van der Waals surface area (Å²) < 4.78 is 11.5. The van der Waals surface area contributed by atoms with E-state index in [1.165, 1.54) is 0 Å². The number of para-hydroxylation sites is 1. The molecule has 1 N–H and O–H groups in total. The lowest BCUT2D eigenvalue weighted by Crippen LogP contribution is -2.28. The molecule has 2 heterocycles. The molecule has 1 aliphatic rings. The number of hydrogen-bond acceptors (Lipinski definition) is 4. The number of ether oxygens (including phenoxy) is 1. The molecule has 0 fully saturated rings. The number of carbonyl (C=O) groups is 2. The minimum absolute atomic E-state index is 0.0394. The molecule has 150 valence electrons. The van der Waals surface area contributed by atoms with E-state index >= 15 is 0 Å². The molecule has 0 radical (unpaired) electrons. The second-order valence-corrected chi connectivity index (χ2v) is 7.31. The molecule has 6 heteroatoms. The second kappa shape index (κ2) is 7.99. The Labute approximate surface area is 169 Å². The van der Waals surface area contributed by atoms with Crippen molar-refractivity contribution in [1.29, 1.82) is 0 Å². The molecule has 4 rings (SSSR count). The van der Waals surface area contributed by atoms with E-state index in [9.17, 15) is 9.59 Å². The van der Waals surface area contributed by atoms with Crippen LogP contribution >= 0.6 is 0 Å². The molecule has 29 heavy (non-hydrogen) atoms. The maximum absolute atomic E-state index is 13.0. The summed E-state index contributed by atoms with van der Waals surface area (Å²) in [6.45, 7) is 2.57. The van der Waals surface area contributed by atoms with Crippen LogP contribution in [0, 0.1) is 0 Å². The third-order valence-corrected chi connectivity index (χ3v) is 5.14. The Hall–Kier alpha value is -3.28. The van der Waals surface area contributed by atoms with Crippen molar-refractivity contribution in [3.05, 3.63) is 59.4 Å². The van der Waals surface area contributed by atoms with Crippen LogP contribution in [0.5, 0.6) is 5.75 Å². The first-order chi connectivity index (χ1) is 14.1. The van der Waals surface area contributed by atoms with Crippen molar-refractivity contribution in [3.8, 4) is 5.75 Å². The number of unbranched alkanes of at least 4 members (excludes halogenated alkanes) is 1. The molecule has 2 aromatic carbocycles. The normalized spacial score (nSPS) is 13.0. The minimum Gasteiger partial charge on any atom is -0.482 e. The van der Waals surface area contributed by atoms with E-state index in [0.29, 0.717) is 23.5 Å². The Balaban J connectivity index is 1.58. The number of nitrogens with zero attached hydrogens (tertiary/aromatic N) is 1. The summed E-state index contributed by atoms with van der Waals surface area (Å²) >= 11 is 0. The third kappa shape index (κ3) is 3.83. The van der Waals surface area contributed by atoms with E-state index in [4.69, 9.17) is 9.15 Å². The molecule has 0 bridgehead atoms. The standard InChI is InChI=1S/C23H24N2O4/c1-3-4-8-20-17(16-7-5-6-9-19(16)29-20)13-25(2)23(27)15-10-11-18-21(12-15)28-14-22(26)24-18/h5-7,9-12H,3-4,8,13-14H2,1-2H3,(H,24,26). The topological polar surface area (TPSA) is 71.8 Å². The Morgan fingerprint density at radius 3 is 2.86 bits per heavy atom. The first kappa shape index (κ1) is 19.1. The SMILES string of the molecule is CCCCc1oc2ccccc2c1CN(C)C(=O)c1ccc2c(c1)OCC(=O)N2. The Kier molecular flexibility index (Phi) is 5.25. The van der Waals surface area contributed by atoms with Gasteiger partial charge in [0.25, 0.3) is 11.8 Å². The fraction of sp³-hybridized carbons (Fsp3) is 0.304. The predicted molar refractivity (Wildman–Crippen MR) is 111 cm³/mol. The number of carbonyl (C=O) groups excluding carboxylic acids is 2. The molecule has 1 aromatic heterocycles. The van der Waals surface area contributed by atoms with E-state index in [0.717, 1.165) is 41.6 Å². The number of aryl methyl sites for hydroxylation is 1. The van der Waals surface area contributed by atoms with Crippen LogP contribution in [0.4, 0.5) is 5.69 Å². The molecular formula is C23H24N2O4. The van der Waals surface area contributed by atoms with Gasteiger partial charge in [0.05, 0.1) is 5.69 Å². The lowest BCUT2D eigenvalue weighted by molar-refractivity contribution is -0.118. The number of hydrogen-bond donors (Lipinski definition) is 1. The summed E-state index contributed by atoms with van der Waals surface area (Å²) in [5, 5.41) is 3.79. The summed E-state index contributed by atoms with van der Waals surface area (Å²) in [6.07, 6.45) is 2.98. The Bertz CT molecular complexity index is 1070. The highest BCUT2D eigenvalue weighted by Crippen LogP contribution is 2.31. The number of benzene rings is 2. The summed E-state index contributed by atoms with van der Waals surface area (Å²) in [6, 6.07) is 13.0. The molecule has 0 unspecified atom stereocenters. The van der Waals surface area contributed by atoms with Crippen molar-refractivity contribution >= 4 is 28.5 Å². The molecule has 0 saturated heterocycles. The summed E-state index contributed by atoms with van der Waals surface area (Å²) in [4.78, 5) is 26.1. The molecule has 6 nitrogen and oxygen atoms in total. The van der Waals surface area contributed by atoms with Gasteiger partial charge in [-0.3, -0.25) is 9.59 Å². The van der Waals surface area contributed by atoms with Gasteiger partial charge in [0.15, 0.2) is 6.61 Å². The zero-order chi connectivity index (χ0) is 20.4. The molecule has 1 aliphatic heterocycles. The lowest BCUT2D eigenvalue weighted by atomic mass is 10.1. The van der Waals surface area contributed by atoms with Crippen LogP contribution in [-0.2, 0) is 17.8 Å². The number of anilines is 1. The van der Waals surface area contributed by atoms with Gasteiger partial charge in [0.1, 0.15) is 17.1 Å². The van der Waals surface area contributed by atoms with Gasteiger partial charge >= 0.3 is 0 Å². The molecule has 0 spiro atoms. The van der Waals surface area contributed by atoms with Crippen LogP contribution in [0.2, 0.25) is 0 Å². The van der Waals surface area contributed by atoms with Gasteiger partial charge in [0, 0.05) is 36.5 Å². The number of furan rings is 1. The fourth-order valence-electron chi connectivity index (χ4n) is 3.60. The quantitative estimate of drug-likeness (QED) is 0.676. The van der Waals surface area contributed by atoms with Gasteiger partial charge in [-0.1, -0.05) is 31.5 Å². The van der Waals surface area contributed by atoms with Gasteiger partial charge in [-0.15, -0.1) is 0 Å². The van der Waals surface area contributed by atoms with Crippen LogP contribution < -0.4 is 10.1 Å². The summed E-state index contributed by atoms with van der Waals surface area (Å²) in [5.41, 5.74) is 3.02. The van der Waals surface area contributed by atoms with Crippen LogP contribution in [0.1, 0.15) is 41.4 Å². The summed E-state index contributed by atoms with van der Waals surface area (Å²) in [5.74, 6) is 1.16. The molecule has 0 atom stereocenters. The minimum atomic E-state index is -0.194. The smallest absolute Gasteiger partial charge is 0.262 e. The van der Waals surface area contributed by atoms with Gasteiger partial charge in [0.2, 0.25) is 0 Å². The van der Waals surface area contributed by atoms with Crippen LogP contribution in [0.15, 0.2) is 46.9 Å². The maximum Gasteiger partial charge on any atom is 0.262 e. The number of amides is 2. The van der Waals surface area contributed by atoms with E-state index in [1.807, 2.05) is 24.3 Å². The maximum atomic E-state index is 13.0. The van der Waals surface area contributed by atoms with Crippen molar-refractivity contribution in [3.63, 3.8) is 0 Å². The van der Waals surface area contributed by atoms with Gasteiger partial charge in [-0.25, -0.2) is 0 Å². The molecule has 2 amide bonds. The van der Waals surface area contributed by atoms with E-state index in [-0.39, 0.29) is 18.4 Å². The van der Waals surface area contributed by atoms with E-state index in [2.05, 4.69) is 12.2 Å².